The molecule has 0 radical (unpaired) electrons. The van der Waals surface area contributed by atoms with Gasteiger partial charge < -0.3 is 4.74 Å². The Kier molecular flexibility index (Phi) is 5.19. The fraction of sp³-hybridized carbons (Fsp3) is 0.250. The van der Waals surface area contributed by atoms with E-state index in [2.05, 4.69) is 20.7 Å². The molecule has 2 nitrogen and oxygen atoms in total. The van der Waals surface area contributed by atoms with Gasteiger partial charge in [-0.05, 0) is 18.6 Å². The molecule has 1 aromatic rings. The number of methoxy groups -OCH3 is 1. The molecule has 0 N–H and O–H groups in total. The van der Waals surface area contributed by atoms with Gasteiger partial charge in [0.1, 0.15) is 5.82 Å². The third-order valence-electron chi connectivity index (χ3n) is 1.99. The number of alkyl halides is 1. The summed E-state index contributed by atoms with van der Waals surface area (Å²) in [5, 5.41) is 0.839. The second-order valence-corrected chi connectivity index (χ2v) is 3.90. The van der Waals surface area contributed by atoms with Crippen LogP contribution >= 0.6 is 15.9 Å². The molecule has 0 aliphatic rings. The van der Waals surface area contributed by atoms with E-state index in [9.17, 15) is 9.18 Å². The van der Waals surface area contributed by atoms with Crippen LogP contribution in [-0.2, 0) is 4.74 Å². The summed E-state index contributed by atoms with van der Waals surface area (Å²) in [5.41, 5.74) is 0.686. The van der Waals surface area contributed by atoms with Gasteiger partial charge in [-0.25, -0.2) is 9.18 Å². The van der Waals surface area contributed by atoms with Crippen molar-refractivity contribution in [2.45, 2.75) is 6.42 Å². The monoisotopic (exact) mass is 286 g/mol. The van der Waals surface area contributed by atoms with E-state index in [1.165, 1.54) is 13.2 Å². The second-order valence-electron chi connectivity index (χ2n) is 3.11. The third kappa shape index (κ3) is 3.45. The number of hydrogen-bond acceptors (Lipinski definition) is 2. The molecule has 0 saturated heterocycles. The summed E-state index contributed by atoms with van der Waals surface area (Å²) in [6, 6.07) is 4.29. The van der Waals surface area contributed by atoms with Gasteiger partial charge in [-0.15, -0.1) is 0 Å². The fourth-order valence-electron chi connectivity index (χ4n) is 1.18. The maximum atomic E-state index is 13.5. The number of halogens is 2. The standard InChI is InChI=1S/C12H12BrFO2/c1-16-12(15)10-6-5-9(11(14)8-10)4-2-3-7-13/h2,4-6,8H,3,7H2,1H3. The fourth-order valence-corrected chi connectivity index (χ4v) is 1.44. The maximum absolute atomic E-state index is 13.5. The molecule has 0 heterocycles. The molecule has 0 spiro atoms. The number of esters is 1. The topological polar surface area (TPSA) is 26.3 Å². The largest absolute Gasteiger partial charge is 0.465 e. The van der Waals surface area contributed by atoms with Gasteiger partial charge in [0.2, 0.25) is 0 Å². The van der Waals surface area contributed by atoms with E-state index in [4.69, 9.17) is 0 Å². The van der Waals surface area contributed by atoms with E-state index in [-0.39, 0.29) is 5.56 Å². The van der Waals surface area contributed by atoms with Crippen LogP contribution in [0.5, 0.6) is 0 Å². The lowest BCUT2D eigenvalue weighted by molar-refractivity contribution is 0.0600. The Bertz CT molecular complexity index is 402. The normalized spacial score (nSPS) is 10.7. The molecule has 0 aliphatic heterocycles. The van der Waals surface area contributed by atoms with Crippen molar-refractivity contribution in [1.82, 2.24) is 0 Å². The number of ether oxygens (including phenoxy) is 1. The van der Waals surface area contributed by atoms with Crippen LogP contribution < -0.4 is 0 Å². The highest BCUT2D eigenvalue weighted by Crippen LogP contribution is 2.13. The molecule has 86 valence electrons. The van der Waals surface area contributed by atoms with Gasteiger partial charge in [0.15, 0.2) is 0 Å². The molecule has 0 amide bonds. The summed E-state index contributed by atoms with van der Waals surface area (Å²) in [5.74, 6) is -0.955. The van der Waals surface area contributed by atoms with E-state index >= 15 is 0 Å². The first kappa shape index (κ1) is 12.9. The SMILES string of the molecule is COC(=O)c1ccc(C=CCCBr)c(F)c1. The average Bonchev–Trinajstić information content (AvgIpc) is 2.30. The minimum Gasteiger partial charge on any atom is -0.465 e. The Morgan fingerprint density at radius 3 is 2.88 bits per heavy atom. The number of allylic oxidation sites excluding steroid dienone is 1. The van der Waals surface area contributed by atoms with Crippen LogP contribution in [0, 0.1) is 5.82 Å². The zero-order valence-corrected chi connectivity index (χ0v) is 10.5. The lowest BCUT2D eigenvalue weighted by Gasteiger charge is -2.01. The number of carbonyl (C=O) groups excluding carboxylic acids is 1. The molecule has 0 bridgehead atoms. The van der Waals surface area contributed by atoms with E-state index < -0.39 is 11.8 Å². The first-order chi connectivity index (χ1) is 7.69. The zero-order chi connectivity index (χ0) is 12.0. The molecule has 0 atom stereocenters. The molecule has 0 fully saturated rings. The molecule has 4 heteroatoms. The predicted molar refractivity (Wildman–Crippen MR) is 65.2 cm³/mol. The van der Waals surface area contributed by atoms with E-state index in [0.29, 0.717) is 5.56 Å². The van der Waals surface area contributed by atoms with Crippen LogP contribution in [0.25, 0.3) is 6.08 Å². The Morgan fingerprint density at radius 1 is 1.56 bits per heavy atom. The summed E-state index contributed by atoms with van der Waals surface area (Å²) >= 11 is 3.28. The van der Waals surface area contributed by atoms with Gasteiger partial charge in [-0.2, -0.15) is 0 Å². The minimum atomic E-state index is -0.533. The Morgan fingerprint density at radius 2 is 2.31 bits per heavy atom. The molecule has 1 aromatic carbocycles. The lowest BCUT2D eigenvalue weighted by atomic mass is 10.1. The molecule has 16 heavy (non-hydrogen) atoms. The van der Waals surface area contributed by atoms with Gasteiger partial charge in [0.05, 0.1) is 12.7 Å². The molecule has 0 aromatic heterocycles. The lowest BCUT2D eigenvalue weighted by Crippen LogP contribution is -2.01. The molecule has 1 rings (SSSR count). The summed E-state index contributed by atoms with van der Waals surface area (Å²) in [6.07, 6.45) is 4.39. The van der Waals surface area contributed by atoms with Crippen molar-refractivity contribution in [2.24, 2.45) is 0 Å². The highest BCUT2D eigenvalue weighted by Gasteiger charge is 2.07. The van der Waals surface area contributed by atoms with Crippen LogP contribution in [0.2, 0.25) is 0 Å². The maximum Gasteiger partial charge on any atom is 0.337 e. The molecule has 0 saturated carbocycles. The summed E-state index contributed by atoms with van der Waals surface area (Å²) < 4.78 is 18.0. The van der Waals surface area contributed by atoms with Crippen molar-refractivity contribution in [3.05, 3.63) is 41.2 Å². The number of carbonyl (C=O) groups is 1. The van der Waals surface area contributed by atoms with Crippen LogP contribution in [-0.4, -0.2) is 18.4 Å². The van der Waals surface area contributed by atoms with Crippen molar-refractivity contribution in [1.29, 1.82) is 0 Å². The highest BCUT2D eigenvalue weighted by atomic mass is 79.9. The average molecular weight is 287 g/mol. The van der Waals surface area contributed by atoms with Crippen molar-refractivity contribution in [3.63, 3.8) is 0 Å². The van der Waals surface area contributed by atoms with Crippen molar-refractivity contribution in [3.8, 4) is 0 Å². The summed E-state index contributed by atoms with van der Waals surface area (Å²) in [7, 11) is 1.27. The van der Waals surface area contributed by atoms with E-state index in [1.54, 1.807) is 18.2 Å². The van der Waals surface area contributed by atoms with E-state index in [0.717, 1.165) is 11.8 Å². The summed E-state index contributed by atoms with van der Waals surface area (Å²) in [4.78, 5) is 11.1. The zero-order valence-electron chi connectivity index (χ0n) is 8.87. The Balaban J connectivity index is 2.87. The first-order valence-corrected chi connectivity index (χ1v) is 5.91. The minimum absolute atomic E-state index is 0.220. The van der Waals surface area contributed by atoms with E-state index in [1.807, 2.05) is 6.08 Å². The molecule has 0 unspecified atom stereocenters. The van der Waals surface area contributed by atoms with Gasteiger partial charge in [0.25, 0.3) is 0 Å². The number of benzene rings is 1. The van der Waals surface area contributed by atoms with Crippen molar-refractivity contribution >= 4 is 28.0 Å². The molecule has 0 aliphatic carbocycles. The first-order valence-electron chi connectivity index (χ1n) is 4.79. The smallest absolute Gasteiger partial charge is 0.337 e. The van der Waals surface area contributed by atoms with Gasteiger partial charge in [-0.1, -0.05) is 34.1 Å². The molecular formula is C12H12BrFO2. The van der Waals surface area contributed by atoms with Crippen LogP contribution in [0.15, 0.2) is 24.3 Å². The van der Waals surface area contributed by atoms with Crippen LogP contribution in [0.4, 0.5) is 4.39 Å². The third-order valence-corrected chi connectivity index (χ3v) is 2.45. The van der Waals surface area contributed by atoms with Crippen molar-refractivity contribution in [2.75, 3.05) is 12.4 Å². The molecular weight excluding hydrogens is 275 g/mol. The van der Waals surface area contributed by atoms with Crippen LogP contribution in [0.1, 0.15) is 22.3 Å². The second kappa shape index (κ2) is 6.43. The predicted octanol–water partition coefficient (Wildman–Crippen LogP) is 3.41. The quantitative estimate of drug-likeness (QED) is 0.626. The Labute approximate surface area is 102 Å². The Hall–Kier alpha value is -1.16. The van der Waals surface area contributed by atoms with Crippen molar-refractivity contribution < 1.29 is 13.9 Å². The van der Waals surface area contributed by atoms with Gasteiger partial charge in [0, 0.05) is 10.9 Å². The van der Waals surface area contributed by atoms with Gasteiger partial charge in [-0.3, -0.25) is 0 Å². The summed E-state index contributed by atoms with van der Waals surface area (Å²) in [6.45, 7) is 0. The number of rotatable bonds is 4. The van der Waals surface area contributed by atoms with Crippen LogP contribution in [0.3, 0.4) is 0 Å². The highest BCUT2D eigenvalue weighted by molar-refractivity contribution is 9.09. The number of hydrogen-bond donors (Lipinski definition) is 0. The van der Waals surface area contributed by atoms with Gasteiger partial charge >= 0.3 is 5.97 Å².